The summed E-state index contributed by atoms with van der Waals surface area (Å²) in [4.78, 5) is 0. The molecule has 0 saturated heterocycles. The lowest BCUT2D eigenvalue weighted by molar-refractivity contribution is 0.366. The molecule has 20 heavy (non-hydrogen) atoms. The van der Waals surface area contributed by atoms with Crippen LogP contribution in [-0.4, -0.2) is 13.7 Å². The van der Waals surface area contributed by atoms with E-state index in [1.807, 2.05) is 12.1 Å². The van der Waals surface area contributed by atoms with Gasteiger partial charge in [0.2, 0.25) is 0 Å². The molecule has 1 aliphatic carbocycles. The topological polar surface area (TPSA) is 21.3 Å². The van der Waals surface area contributed by atoms with Crippen molar-refractivity contribution in [1.29, 1.82) is 0 Å². The first kappa shape index (κ1) is 15.3. The molecule has 112 valence electrons. The molecule has 1 aromatic carbocycles. The zero-order valence-corrected chi connectivity index (χ0v) is 13.4. The molecule has 0 radical (unpaired) electrons. The Morgan fingerprint density at radius 2 is 1.85 bits per heavy atom. The van der Waals surface area contributed by atoms with Crippen LogP contribution in [0.4, 0.5) is 4.39 Å². The Morgan fingerprint density at radius 1 is 1.25 bits per heavy atom. The lowest BCUT2D eigenvalue weighted by Gasteiger charge is -2.22. The largest absolute Gasteiger partial charge is 0.494 e. The van der Waals surface area contributed by atoms with Crippen LogP contribution in [-0.2, 0) is 0 Å². The first-order valence-electron chi connectivity index (χ1n) is 7.34. The minimum atomic E-state index is -0.237. The third kappa shape index (κ3) is 2.12. The second kappa shape index (κ2) is 5.03. The van der Waals surface area contributed by atoms with Gasteiger partial charge >= 0.3 is 0 Å². The van der Waals surface area contributed by atoms with E-state index in [1.165, 1.54) is 7.11 Å². The lowest BCUT2D eigenvalue weighted by Crippen LogP contribution is -2.26. The molecule has 1 N–H and O–H groups in total. The molecule has 2 nitrogen and oxygen atoms in total. The van der Waals surface area contributed by atoms with E-state index in [0.717, 1.165) is 12.1 Å². The quantitative estimate of drug-likeness (QED) is 0.873. The first-order valence-corrected chi connectivity index (χ1v) is 7.34. The van der Waals surface area contributed by atoms with E-state index in [9.17, 15) is 4.39 Å². The van der Waals surface area contributed by atoms with Crippen LogP contribution in [0.2, 0.25) is 0 Å². The van der Waals surface area contributed by atoms with Crippen molar-refractivity contribution in [2.24, 2.45) is 16.7 Å². The first-order chi connectivity index (χ1) is 9.29. The maximum absolute atomic E-state index is 14.6. The number of halogens is 1. The van der Waals surface area contributed by atoms with E-state index >= 15 is 0 Å². The second-order valence-corrected chi connectivity index (χ2v) is 6.82. The van der Waals surface area contributed by atoms with Gasteiger partial charge in [-0.3, -0.25) is 0 Å². The van der Waals surface area contributed by atoms with Gasteiger partial charge in [-0.1, -0.05) is 46.8 Å². The van der Waals surface area contributed by atoms with Gasteiger partial charge in [0.05, 0.1) is 7.11 Å². The van der Waals surface area contributed by atoms with Crippen LogP contribution in [0.3, 0.4) is 0 Å². The van der Waals surface area contributed by atoms with Crippen molar-refractivity contribution in [3.63, 3.8) is 0 Å². The summed E-state index contributed by atoms with van der Waals surface area (Å²) in [6.07, 6.45) is 0. The van der Waals surface area contributed by atoms with Crippen LogP contribution in [0.5, 0.6) is 5.75 Å². The Labute approximate surface area is 121 Å². The van der Waals surface area contributed by atoms with Crippen molar-refractivity contribution in [2.75, 3.05) is 13.7 Å². The molecular weight excluding hydrogens is 253 g/mol. The fourth-order valence-corrected chi connectivity index (χ4v) is 3.63. The Kier molecular flexibility index (Phi) is 3.85. The Bertz CT molecular complexity index is 482. The maximum atomic E-state index is 14.6. The number of hydrogen-bond donors (Lipinski definition) is 1. The minimum Gasteiger partial charge on any atom is -0.494 e. The predicted octanol–water partition coefficient (Wildman–Crippen LogP) is 4.17. The summed E-state index contributed by atoms with van der Waals surface area (Å²) in [5, 5.41) is 3.47. The standard InChI is InChI=1S/C17H26FNO/c1-7-19-14(15-16(2,3)17(15,4)5)11-9-8-10-12(20-6)13(11)18/h8-10,14-15,19H,7H2,1-6H3. The molecule has 0 heterocycles. The highest BCUT2D eigenvalue weighted by Gasteiger charge is 2.67. The van der Waals surface area contributed by atoms with E-state index in [2.05, 4.69) is 39.9 Å². The fraction of sp³-hybridized carbons (Fsp3) is 0.647. The average Bonchev–Trinajstić information content (AvgIpc) is 2.78. The molecular formula is C17H26FNO. The van der Waals surface area contributed by atoms with Crippen LogP contribution >= 0.6 is 0 Å². The van der Waals surface area contributed by atoms with Crippen molar-refractivity contribution in [3.05, 3.63) is 29.6 Å². The molecule has 0 spiro atoms. The number of methoxy groups -OCH3 is 1. The van der Waals surface area contributed by atoms with Gasteiger partial charge in [0.1, 0.15) is 0 Å². The van der Waals surface area contributed by atoms with Gasteiger partial charge in [-0.15, -0.1) is 0 Å². The second-order valence-electron chi connectivity index (χ2n) is 6.82. The molecule has 1 unspecified atom stereocenters. The Balaban J connectivity index is 2.41. The van der Waals surface area contributed by atoms with E-state index < -0.39 is 0 Å². The van der Waals surface area contributed by atoms with Crippen molar-refractivity contribution < 1.29 is 9.13 Å². The van der Waals surface area contributed by atoms with E-state index in [-0.39, 0.29) is 22.7 Å². The number of benzene rings is 1. The van der Waals surface area contributed by atoms with Gasteiger partial charge in [-0.25, -0.2) is 4.39 Å². The van der Waals surface area contributed by atoms with Gasteiger partial charge in [0.15, 0.2) is 11.6 Å². The van der Waals surface area contributed by atoms with E-state index in [4.69, 9.17) is 4.74 Å². The number of ether oxygens (including phenoxy) is 1. The highest BCUT2D eigenvalue weighted by Crippen LogP contribution is 2.72. The average molecular weight is 279 g/mol. The predicted molar refractivity (Wildman–Crippen MR) is 80.4 cm³/mol. The van der Waals surface area contributed by atoms with Gasteiger partial charge < -0.3 is 10.1 Å². The lowest BCUT2D eigenvalue weighted by atomic mass is 9.95. The van der Waals surface area contributed by atoms with Crippen LogP contribution in [0, 0.1) is 22.6 Å². The highest BCUT2D eigenvalue weighted by atomic mass is 19.1. The molecule has 1 aliphatic rings. The van der Waals surface area contributed by atoms with Gasteiger partial charge in [-0.2, -0.15) is 0 Å². The molecule has 0 aliphatic heterocycles. The van der Waals surface area contributed by atoms with Gasteiger partial charge in [0.25, 0.3) is 0 Å². The normalized spacial score (nSPS) is 21.6. The van der Waals surface area contributed by atoms with Crippen molar-refractivity contribution in [3.8, 4) is 5.75 Å². The Morgan fingerprint density at radius 3 is 2.30 bits per heavy atom. The summed E-state index contributed by atoms with van der Waals surface area (Å²) in [5.41, 5.74) is 1.12. The number of rotatable bonds is 5. The number of nitrogens with one attached hydrogen (secondary N) is 1. The summed E-state index contributed by atoms with van der Waals surface area (Å²) < 4.78 is 19.7. The van der Waals surface area contributed by atoms with Crippen molar-refractivity contribution in [2.45, 2.75) is 40.7 Å². The smallest absolute Gasteiger partial charge is 0.169 e. The van der Waals surface area contributed by atoms with Gasteiger partial charge in [0, 0.05) is 11.6 Å². The molecule has 2 rings (SSSR count). The molecule has 1 atom stereocenters. The Hall–Kier alpha value is -1.09. The molecule has 0 bridgehead atoms. The summed E-state index contributed by atoms with van der Waals surface area (Å²) in [6, 6.07) is 5.44. The van der Waals surface area contributed by atoms with Crippen LogP contribution in [0.1, 0.15) is 46.2 Å². The molecule has 0 amide bonds. The summed E-state index contributed by atoms with van der Waals surface area (Å²) in [5.74, 6) is 0.498. The zero-order valence-electron chi connectivity index (χ0n) is 13.4. The summed E-state index contributed by atoms with van der Waals surface area (Å²) in [6.45, 7) is 11.9. The third-order valence-corrected chi connectivity index (χ3v) is 5.44. The molecule has 3 heteroatoms. The number of hydrogen-bond acceptors (Lipinski definition) is 2. The van der Waals surface area contributed by atoms with Crippen LogP contribution < -0.4 is 10.1 Å². The maximum Gasteiger partial charge on any atom is 0.169 e. The van der Waals surface area contributed by atoms with E-state index in [1.54, 1.807) is 6.07 Å². The molecule has 0 aromatic heterocycles. The molecule has 1 aromatic rings. The highest BCUT2D eigenvalue weighted by molar-refractivity contribution is 5.36. The SMILES string of the molecule is CCNC(c1cccc(OC)c1F)C1C(C)(C)C1(C)C. The molecule has 1 saturated carbocycles. The third-order valence-electron chi connectivity index (χ3n) is 5.44. The van der Waals surface area contributed by atoms with E-state index in [0.29, 0.717) is 11.7 Å². The summed E-state index contributed by atoms with van der Waals surface area (Å²) >= 11 is 0. The van der Waals surface area contributed by atoms with Crippen LogP contribution in [0.25, 0.3) is 0 Å². The molecule has 1 fully saturated rings. The zero-order chi connectivity index (χ0) is 15.1. The minimum absolute atomic E-state index is 0.0279. The summed E-state index contributed by atoms with van der Waals surface area (Å²) in [7, 11) is 1.51. The monoisotopic (exact) mass is 279 g/mol. The van der Waals surface area contributed by atoms with Crippen molar-refractivity contribution >= 4 is 0 Å². The van der Waals surface area contributed by atoms with Crippen molar-refractivity contribution in [1.82, 2.24) is 5.32 Å². The van der Waals surface area contributed by atoms with Crippen LogP contribution in [0.15, 0.2) is 18.2 Å². The van der Waals surface area contributed by atoms with Gasteiger partial charge in [-0.05, 0) is 29.4 Å². The fourth-order valence-electron chi connectivity index (χ4n) is 3.63.